The molecule has 5 rings (SSSR count). The van der Waals surface area contributed by atoms with Gasteiger partial charge >= 0.3 is 5.69 Å². The summed E-state index contributed by atoms with van der Waals surface area (Å²) in [6.45, 7) is 4.83. The zero-order chi connectivity index (χ0) is 17.8. The van der Waals surface area contributed by atoms with Gasteiger partial charge in [0.25, 0.3) is 0 Å². The van der Waals surface area contributed by atoms with E-state index in [0.717, 1.165) is 34.2 Å². The molecule has 0 N–H and O–H groups in total. The third kappa shape index (κ3) is 2.18. The lowest BCUT2D eigenvalue weighted by Crippen LogP contribution is -2.25. The highest BCUT2D eigenvalue weighted by atomic mass is 16.7. The van der Waals surface area contributed by atoms with Gasteiger partial charge in [-0.2, -0.15) is 4.98 Å². The summed E-state index contributed by atoms with van der Waals surface area (Å²) >= 11 is 0. The van der Waals surface area contributed by atoms with Gasteiger partial charge in [0.05, 0.1) is 17.8 Å². The van der Waals surface area contributed by atoms with Gasteiger partial charge in [0, 0.05) is 29.5 Å². The van der Waals surface area contributed by atoms with Gasteiger partial charge in [0.15, 0.2) is 11.5 Å². The van der Waals surface area contributed by atoms with Crippen molar-refractivity contribution in [1.29, 1.82) is 0 Å². The van der Waals surface area contributed by atoms with Crippen molar-refractivity contribution in [2.45, 2.75) is 26.3 Å². The van der Waals surface area contributed by atoms with Crippen molar-refractivity contribution in [2.24, 2.45) is 0 Å². The van der Waals surface area contributed by atoms with E-state index in [9.17, 15) is 4.79 Å². The minimum absolute atomic E-state index is 0.0136. The summed E-state index contributed by atoms with van der Waals surface area (Å²) in [5, 5.41) is 0.876. The number of hydrogen-bond donors (Lipinski definition) is 0. The molecule has 0 amide bonds. The predicted molar refractivity (Wildman–Crippen MR) is 97.1 cm³/mol. The molecule has 132 valence electrons. The zero-order valence-electron chi connectivity index (χ0n) is 14.6. The molecule has 0 fully saturated rings. The maximum absolute atomic E-state index is 12.8. The van der Waals surface area contributed by atoms with E-state index >= 15 is 0 Å². The Labute approximate surface area is 149 Å². The normalized spacial score (nSPS) is 14.7. The molecule has 0 atom stereocenters. The summed E-state index contributed by atoms with van der Waals surface area (Å²) in [6.07, 6.45) is 0.872. The van der Waals surface area contributed by atoms with Crippen molar-refractivity contribution in [1.82, 2.24) is 9.55 Å². The van der Waals surface area contributed by atoms with Gasteiger partial charge in [-0.1, -0.05) is 0 Å². The number of aromatic nitrogens is 2. The maximum atomic E-state index is 12.8. The Kier molecular flexibility index (Phi) is 3.22. The second kappa shape index (κ2) is 5.49. The van der Waals surface area contributed by atoms with E-state index in [4.69, 9.17) is 14.2 Å². The third-order valence-corrected chi connectivity index (χ3v) is 4.90. The second-order valence-corrected chi connectivity index (χ2v) is 6.85. The molecular formula is C20H18N2O4. The lowest BCUT2D eigenvalue weighted by Gasteiger charge is -2.16. The van der Waals surface area contributed by atoms with Crippen LogP contribution < -0.4 is 19.9 Å². The lowest BCUT2D eigenvalue weighted by atomic mass is 10.0. The van der Waals surface area contributed by atoms with Crippen LogP contribution in [0.3, 0.4) is 0 Å². The van der Waals surface area contributed by atoms with Crippen molar-refractivity contribution in [3.8, 4) is 28.5 Å². The molecule has 2 aromatic carbocycles. The van der Waals surface area contributed by atoms with Gasteiger partial charge in [-0.25, -0.2) is 4.79 Å². The van der Waals surface area contributed by atoms with Gasteiger partial charge in [0.2, 0.25) is 6.79 Å². The third-order valence-electron chi connectivity index (χ3n) is 4.90. The molecule has 2 aliphatic rings. The molecule has 0 aliphatic carbocycles. The highest BCUT2D eigenvalue weighted by Crippen LogP contribution is 2.39. The van der Waals surface area contributed by atoms with Gasteiger partial charge in [0.1, 0.15) is 5.75 Å². The Hall–Kier alpha value is -3.02. The summed E-state index contributed by atoms with van der Waals surface area (Å²) in [6, 6.07) is 9.75. The van der Waals surface area contributed by atoms with Crippen LogP contribution in [0.2, 0.25) is 0 Å². The van der Waals surface area contributed by atoms with Crippen LogP contribution in [0.1, 0.15) is 25.5 Å². The van der Waals surface area contributed by atoms with Crippen molar-refractivity contribution >= 4 is 10.9 Å². The van der Waals surface area contributed by atoms with Crippen LogP contribution in [0.25, 0.3) is 22.2 Å². The summed E-state index contributed by atoms with van der Waals surface area (Å²) in [5.41, 5.74) is 3.25. The molecular weight excluding hydrogens is 332 g/mol. The number of nitrogens with zero attached hydrogens (tertiary/aromatic N) is 2. The molecule has 0 bridgehead atoms. The first kappa shape index (κ1) is 15.3. The van der Waals surface area contributed by atoms with Crippen molar-refractivity contribution < 1.29 is 14.2 Å². The maximum Gasteiger partial charge on any atom is 0.348 e. The first-order valence-corrected chi connectivity index (χ1v) is 8.74. The van der Waals surface area contributed by atoms with E-state index in [0.29, 0.717) is 23.8 Å². The number of benzene rings is 2. The van der Waals surface area contributed by atoms with Gasteiger partial charge < -0.3 is 14.2 Å². The topological polar surface area (TPSA) is 62.6 Å². The average molecular weight is 350 g/mol. The average Bonchev–Trinajstić information content (AvgIpc) is 3.26. The fourth-order valence-corrected chi connectivity index (χ4v) is 3.69. The molecule has 1 aromatic heterocycles. The number of rotatable bonds is 2. The molecule has 0 saturated heterocycles. The van der Waals surface area contributed by atoms with E-state index in [-0.39, 0.29) is 18.5 Å². The van der Waals surface area contributed by atoms with Crippen LogP contribution >= 0.6 is 0 Å². The number of ether oxygens (including phenoxy) is 3. The lowest BCUT2D eigenvalue weighted by molar-refractivity contribution is 0.174. The smallest absolute Gasteiger partial charge is 0.348 e. The molecule has 3 heterocycles. The van der Waals surface area contributed by atoms with Crippen molar-refractivity contribution in [2.75, 3.05) is 13.4 Å². The summed E-state index contributed by atoms with van der Waals surface area (Å²) in [7, 11) is 0. The van der Waals surface area contributed by atoms with Crippen LogP contribution in [0, 0.1) is 0 Å². The first-order chi connectivity index (χ1) is 12.6. The predicted octanol–water partition coefficient (Wildman–Crippen LogP) is 3.31. The van der Waals surface area contributed by atoms with E-state index in [2.05, 4.69) is 11.1 Å². The van der Waals surface area contributed by atoms with Gasteiger partial charge in [-0.15, -0.1) is 0 Å². The molecule has 0 unspecified atom stereocenters. The van der Waals surface area contributed by atoms with Crippen LogP contribution in [-0.2, 0) is 6.42 Å². The quantitative estimate of drug-likeness (QED) is 0.710. The minimum Gasteiger partial charge on any atom is -0.493 e. The Morgan fingerprint density at radius 1 is 1.04 bits per heavy atom. The van der Waals surface area contributed by atoms with E-state index in [1.165, 1.54) is 0 Å². The van der Waals surface area contributed by atoms with Gasteiger partial charge in [-0.3, -0.25) is 4.57 Å². The van der Waals surface area contributed by atoms with Crippen molar-refractivity contribution in [3.05, 3.63) is 46.4 Å². The molecule has 6 heteroatoms. The largest absolute Gasteiger partial charge is 0.493 e. The molecule has 3 aromatic rings. The molecule has 2 aliphatic heterocycles. The van der Waals surface area contributed by atoms with E-state index < -0.39 is 0 Å². The first-order valence-electron chi connectivity index (χ1n) is 8.74. The molecule has 26 heavy (non-hydrogen) atoms. The Morgan fingerprint density at radius 2 is 1.85 bits per heavy atom. The monoisotopic (exact) mass is 350 g/mol. The fourth-order valence-electron chi connectivity index (χ4n) is 3.69. The van der Waals surface area contributed by atoms with Crippen LogP contribution in [0.5, 0.6) is 17.2 Å². The second-order valence-electron chi connectivity index (χ2n) is 6.85. The molecule has 6 nitrogen and oxygen atoms in total. The summed E-state index contributed by atoms with van der Waals surface area (Å²) < 4.78 is 18.3. The zero-order valence-corrected chi connectivity index (χ0v) is 14.6. The molecule has 0 saturated carbocycles. The summed E-state index contributed by atoms with van der Waals surface area (Å²) in [5.74, 6) is 2.25. The highest BCUT2D eigenvalue weighted by molar-refractivity contribution is 5.95. The Morgan fingerprint density at radius 3 is 2.65 bits per heavy atom. The van der Waals surface area contributed by atoms with E-state index in [1.807, 2.05) is 38.1 Å². The SMILES string of the molecule is CC(C)n1c(=O)nc(-c2ccc3c(c2)CCO3)c2cc3c(cc21)OCO3. The Bertz CT molecular complexity index is 1100. The molecule has 0 radical (unpaired) electrons. The highest BCUT2D eigenvalue weighted by Gasteiger charge is 2.22. The van der Waals surface area contributed by atoms with Crippen LogP contribution in [0.4, 0.5) is 0 Å². The van der Waals surface area contributed by atoms with Gasteiger partial charge in [-0.05, 0) is 43.7 Å². The Balaban J connectivity index is 1.83. The van der Waals surface area contributed by atoms with Crippen molar-refractivity contribution in [3.63, 3.8) is 0 Å². The van der Waals surface area contributed by atoms with Crippen LogP contribution in [-0.4, -0.2) is 23.0 Å². The van der Waals surface area contributed by atoms with Crippen LogP contribution in [0.15, 0.2) is 35.1 Å². The van der Waals surface area contributed by atoms with E-state index in [1.54, 1.807) is 4.57 Å². The fraction of sp³-hybridized carbons (Fsp3) is 0.300. The number of fused-ring (bicyclic) bond motifs is 3. The standard InChI is InChI=1S/C20H18N2O4/c1-11(2)22-15-9-18-17(25-10-26-18)8-14(15)19(21-20(22)23)13-3-4-16-12(7-13)5-6-24-16/h3-4,7-9,11H,5-6,10H2,1-2H3. The number of hydrogen-bond acceptors (Lipinski definition) is 5. The molecule has 0 spiro atoms. The minimum atomic E-state index is -0.266. The summed E-state index contributed by atoms with van der Waals surface area (Å²) in [4.78, 5) is 17.2.